The van der Waals surface area contributed by atoms with Gasteiger partial charge in [0.15, 0.2) is 11.6 Å². The van der Waals surface area contributed by atoms with Crippen molar-refractivity contribution >= 4 is 17.0 Å². The van der Waals surface area contributed by atoms with Crippen LogP contribution >= 0.6 is 0 Å². The Morgan fingerprint density at radius 1 is 1.50 bits per heavy atom. The van der Waals surface area contributed by atoms with E-state index in [1.165, 1.54) is 6.07 Å². The average molecular weight is 256 g/mol. The number of benzene rings is 1. The molecule has 0 aliphatic carbocycles. The number of fused-ring (bicyclic) bond motifs is 1. The maximum atomic E-state index is 13.7. The third-order valence-corrected chi connectivity index (χ3v) is 2.75. The summed E-state index contributed by atoms with van der Waals surface area (Å²) in [5.74, 6) is -3.63. The number of halogens is 2. The fourth-order valence-electron chi connectivity index (χ4n) is 1.92. The van der Waals surface area contributed by atoms with Crippen LogP contribution in [-0.4, -0.2) is 20.6 Å². The topological polar surface area (TPSA) is 75.1 Å². The van der Waals surface area contributed by atoms with Crippen LogP contribution in [0, 0.1) is 11.6 Å². The van der Waals surface area contributed by atoms with Gasteiger partial charge in [0.1, 0.15) is 11.6 Å². The second-order valence-corrected chi connectivity index (χ2v) is 3.82. The Hall–Kier alpha value is -2.18. The number of aromatic nitrogens is 2. The van der Waals surface area contributed by atoms with Crippen LogP contribution in [0.2, 0.25) is 0 Å². The summed E-state index contributed by atoms with van der Waals surface area (Å²) in [5, 5.41) is 9.00. The molecule has 1 atom stereocenters. The maximum Gasteiger partial charge on any atom is 0.327 e. The first-order valence-corrected chi connectivity index (χ1v) is 5.28. The van der Waals surface area contributed by atoms with Crippen LogP contribution in [0.5, 0.6) is 0 Å². The molecule has 96 valence electrons. The highest BCUT2D eigenvalue weighted by molar-refractivity contribution is 5.80. The first-order chi connectivity index (χ1) is 8.47. The molecule has 0 aliphatic heterocycles. The summed E-state index contributed by atoms with van der Waals surface area (Å²) in [7, 11) is 0. The van der Waals surface area contributed by atoms with Gasteiger partial charge in [0.25, 0.3) is 0 Å². The smallest absolute Gasteiger partial charge is 0.327 e. The molecular weight excluding hydrogens is 246 g/mol. The van der Waals surface area contributed by atoms with Crippen LogP contribution in [0.1, 0.15) is 19.4 Å². The van der Waals surface area contributed by atoms with Crippen LogP contribution < -0.4 is 5.69 Å². The number of aliphatic carboxylic acids is 1. The molecule has 2 aromatic rings. The van der Waals surface area contributed by atoms with E-state index in [0.717, 1.165) is 10.6 Å². The number of nitrogens with one attached hydrogen (secondary N) is 1. The zero-order valence-electron chi connectivity index (χ0n) is 9.41. The van der Waals surface area contributed by atoms with Gasteiger partial charge in [-0.2, -0.15) is 0 Å². The summed E-state index contributed by atoms with van der Waals surface area (Å²) in [4.78, 5) is 25.0. The minimum absolute atomic E-state index is 0.0681. The molecule has 2 N–H and O–H groups in total. The highest BCUT2D eigenvalue weighted by atomic mass is 19.2. The fraction of sp³-hybridized carbons (Fsp3) is 0.273. The van der Waals surface area contributed by atoms with Gasteiger partial charge in [-0.1, -0.05) is 6.92 Å². The number of carbonyl (C=O) groups is 1. The van der Waals surface area contributed by atoms with Gasteiger partial charge in [0.2, 0.25) is 0 Å². The van der Waals surface area contributed by atoms with Crippen molar-refractivity contribution in [1.29, 1.82) is 0 Å². The number of rotatable bonds is 3. The van der Waals surface area contributed by atoms with Gasteiger partial charge in [0.05, 0.1) is 5.52 Å². The summed E-state index contributed by atoms with van der Waals surface area (Å²) >= 11 is 0. The molecule has 0 fully saturated rings. The van der Waals surface area contributed by atoms with E-state index < -0.39 is 29.3 Å². The molecule has 0 spiro atoms. The first-order valence-electron chi connectivity index (χ1n) is 5.28. The molecule has 0 bridgehead atoms. The van der Waals surface area contributed by atoms with E-state index in [0.29, 0.717) is 0 Å². The summed E-state index contributed by atoms with van der Waals surface area (Å²) in [6.07, 6.45) is 0.0815. The van der Waals surface area contributed by atoms with Crippen LogP contribution in [0.15, 0.2) is 16.9 Å². The fourth-order valence-corrected chi connectivity index (χ4v) is 1.92. The molecule has 2 rings (SSSR count). The van der Waals surface area contributed by atoms with Gasteiger partial charge in [-0.15, -0.1) is 0 Å². The normalized spacial score (nSPS) is 12.8. The molecular formula is C11H10F2N2O3. The molecule has 0 aliphatic rings. The third kappa shape index (κ3) is 1.68. The van der Waals surface area contributed by atoms with Crippen molar-refractivity contribution in [2.75, 3.05) is 0 Å². The number of carboxylic acid groups (broad SMARTS) is 1. The van der Waals surface area contributed by atoms with Gasteiger partial charge >= 0.3 is 11.7 Å². The molecule has 1 aromatic heterocycles. The molecule has 0 saturated carbocycles. The summed E-state index contributed by atoms with van der Waals surface area (Å²) < 4.78 is 27.6. The highest BCUT2D eigenvalue weighted by Crippen LogP contribution is 2.22. The first kappa shape index (κ1) is 12.3. The van der Waals surface area contributed by atoms with Gasteiger partial charge in [0, 0.05) is 0 Å². The Morgan fingerprint density at radius 2 is 2.17 bits per heavy atom. The molecule has 7 heteroatoms. The lowest BCUT2D eigenvalue weighted by atomic mass is 10.2. The van der Waals surface area contributed by atoms with E-state index in [4.69, 9.17) is 5.11 Å². The van der Waals surface area contributed by atoms with Crippen molar-refractivity contribution < 1.29 is 18.7 Å². The van der Waals surface area contributed by atoms with Crippen molar-refractivity contribution in [3.63, 3.8) is 0 Å². The number of hydrogen-bond donors (Lipinski definition) is 2. The second-order valence-electron chi connectivity index (χ2n) is 3.82. The summed E-state index contributed by atoms with van der Waals surface area (Å²) in [5.41, 5.74) is -1.06. The monoisotopic (exact) mass is 256 g/mol. The van der Waals surface area contributed by atoms with Crippen molar-refractivity contribution in [2.24, 2.45) is 0 Å². The van der Waals surface area contributed by atoms with Crippen LogP contribution in [0.25, 0.3) is 11.0 Å². The maximum absolute atomic E-state index is 13.7. The molecule has 0 amide bonds. The number of aromatic amines is 1. The quantitative estimate of drug-likeness (QED) is 0.876. The Labute approximate surface area is 99.7 Å². The second kappa shape index (κ2) is 4.25. The van der Waals surface area contributed by atoms with Gasteiger partial charge in [-0.05, 0) is 18.6 Å². The Kier molecular flexibility index (Phi) is 2.90. The largest absolute Gasteiger partial charge is 0.480 e. The zero-order chi connectivity index (χ0) is 13.4. The third-order valence-electron chi connectivity index (χ3n) is 2.75. The number of hydrogen-bond acceptors (Lipinski definition) is 2. The molecule has 18 heavy (non-hydrogen) atoms. The lowest BCUT2D eigenvalue weighted by molar-refractivity contribution is -0.141. The van der Waals surface area contributed by atoms with Gasteiger partial charge in [-0.25, -0.2) is 18.4 Å². The van der Waals surface area contributed by atoms with E-state index in [1.807, 2.05) is 0 Å². The van der Waals surface area contributed by atoms with E-state index in [2.05, 4.69) is 4.98 Å². The predicted octanol–water partition coefficient (Wildman–Crippen LogP) is 1.64. The molecule has 1 unspecified atom stereocenters. The number of nitrogens with zero attached hydrogens (tertiary/aromatic N) is 1. The lowest BCUT2D eigenvalue weighted by Gasteiger charge is -2.11. The van der Waals surface area contributed by atoms with E-state index in [-0.39, 0.29) is 17.5 Å². The summed E-state index contributed by atoms with van der Waals surface area (Å²) in [6.45, 7) is 1.54. The average Bonchev–Trinajstić information content (AvgIpc) is 2.63. The standard InChI is InChI=1S/C11H10F2N2O3/c1-2-7(10(16)17)15-9-6(14-11(15)18)4-3-5(12)8(9)13/h3-4,7H,2H2,1H3,(H,14,18)(H,16,17). The van der Waals surface area contributed by atoms with Crippen molar-refractivity contribution in [1.82, 2.24) is 9.55 Å². The van der Waals surface area contributed by atoms with Crippen molar-refractivity contribution in [3.05, 3.63) is 34.3 Å². The Bertz CT molecular complexity index is 675. The van der Waals surface area contributed by atoms with Crippen molar-refractivity contribution in [3.8, 4) is 0 Å². The molecule has 1 aromatic carbocycles. The van der Waals surface area contributed by atoms with Crippen LogP contribution in [0.3, 0.4) is 0 Å². The summed E-state index contributed by atoms with van der Waals surface area (Å²) in [6, 6.07) is 0.836. The van der Waals surface area contributed by atoms with Crippen molar-refractivity contribution in [2.45, 2.75) is 19.4 Å². The minimum Gasteiger partial charge on any atom is -0.480 e. The zero-order valence-corrected chi connectivity index (χ0v) is 9.41. The van der Waals surface area contributed by atoms with Crippen LogP contribution in [-0.2, 0) is 4.79 Å². The minimum atomic E-state index is -1.27. The van der Waals surface area contributed by atoms with Gasteiger partial charge in [-0.3, -0.25) is 4.57 Å². The van der Waals surface area contributed by atoms with E-state index in [1.54, 1.807) is 6.92 Å². The number of carboxylic acids is 1. The SMILES string of the molecule is CCC(C(=O)O)n1c(=O)[nH]c2ccc(F)c(F)c21. The van der Waals surface area contributed by atoms with Gasteiger partial charge < -0.3 is 10.1 Å². The predicted molar refractivity (Wildman–Crippen MR) is 59.4 cm³/mol. The molecule has 0 saturated heterocycles. The Balaban J connectivity index is 2.85. The lowest BCUT2D eigenvalue weighted by Crippen LogP contribution is -2.27. The number of imidazole rings is 1. The van der Waals surface area contributed by atoms with E-state index in [9.17, 15) is 18.4 Å². The molecule has 0 radical (unpaired) electrons. The Morgan fingerprint density at radius 3 is 2.72 bits per heavy atom. The highest BCUT2D eigenvalue weighted by Gasteiger charge is 2.24. The molecule has 5 nitrogen and oxygen atoms in total. The molecule has 1 heterocycles. The van der Waals surface area contributed by atoms with Crippen LogP contribution in [0.4, 0.5) is 8.78 Å². The number of H-pyrrole nitrogens is 1. The van der Waals surface area contributed by atoms with E-state index >= 15 is 0 Å².